The van der Waals surface area contributed by atoms with Crippen LogP contribution >= 0.6 is 0 Å². The largest absolute Gasteiger partial charge is 0.489 e. The lowest BCUT2D eigenvalue weighted by atomic mass is 10.1. The smallest absolute Gasteiger partial charge is 0.387 e. The van der Waals surface area contributed by atoms with Crippen LogP contribution in [-0.2, 0) is 11.2 Å². The van der Waals surface area contributed by atoms with Crippen LogP contribution < -0.4 is 9.47 Å². The molecule has 0 atom stereocenters. The fourth-order valence-electron chi connectivity index (χ4n) is 2.54. The van der Waals surface area contributed by atoms with Crippen molar-refractivity contribution in [3.05, 3.63) is 59.2 Å². The Balaban J connectivity index is 1.71. The highest BCUT2D eigenvalue weighted by molar-refractivity contribution is 5.72. The Kier molecular flexibility index (Phi) is 6.06. The minimum Gasteiger partial charge on any atom is -0.489 e. The normalized spacial score (nSPS) is 13.9. The summed E-state index contributed by atoms with van der Waals surface area (Å²) in [5, 5.41) is 8.79. The molecule has 1 fully saturated rings. The maximum atomic E-state index is 12.6. The lowest BCUT2D eigenvalue weighted by Crippen LogP contribution is -2.06. The summed E-state index contributed by atoms with van der Waals surface area (Å²) in [7, 11) is 0. The highest BCUT2D eigenvalue weighted by atomic mass is 19.3. The van der Waals surface area contributed by atoms with Crippen molar-refractivity contribution in [3.63, 3.8) is 0 Å². The molecule has 1 saturated carbocycles. The fourth-order valence-corrected chi connectivity index (χ4v) is 2.54. The van der Waals surface area contributed by atoms with Crippen molar-refractivity contribution in [1.29, 1.82) is 0 Å². The predicted octanol–water partition coefficient (Wildman–Crippen LogP) is 4.87. The average Bonchev–Trinajstić information content (AvgIpc) is 3.44. The number of carboxylic acid groups (broad SMARTS) is 1. The van der Waals surface area contributed by atoms with E-state index in [2.05, 4.69) is 4.74 Å². The van der Waals surface area contributed by atoms with Crippen LogP contribution in [0.1, 0.15) is 29.5 Å². The summed E-state index contributed by atoms with van der Waals surface area (Å²) >= 11 is 0. The third kappa shape index (κ3) is 6.09. The molecule has 0 amide bonds. The van der Waals surface area contributed by atoms with Gasteiger partial charge >= 0.3 is 12.6 Å². The lowest BCUT2D eigenvalue weighted by Gasteiger charge is -2.12. The standard InChI is InChI=1S/C21H20F2O4/c22-21(23)27-18-10-9-15(11-19(18)26-13-17-7-8-17)4-1-14-2-5-16(6-3-14)12-20(24)25/h1-6,9-11,17,21H,7-8,12-13H2,(H,24,25). The summed E-state index contributed by atoms with van der Waals surface area (Å²) in [6, 6.07) is 12.0. The Hall–Kier alpha value is -2.89. The second kappa shape index (κ2) is 8.66. The summed E-state index contributed by atoms with van der Waals surface area (Å²) in [6.45, 7) is -2.41. The number of alkyl halides is 2. The number of rotatable bonds is 9. The lowest BCUT2D eigenvalue weighted by molar-refractivity contribution is -0.136. The molecule has 1 aliphatic carbocycles. The quantitative estimate of drug-likeness (QED) is 0.636. The second-order valence-electron chi connectivity index (χ2n) is 6.48. The van der Waals surface area contributed by atoms with E-state index in [1.165, 1.54) is 6.07 Å². The topological polar surface area (TPSA) is 55.8 Å². The van der Waals surface area contributed by atoms with E-state index >= 15 is 0 Å². The molecule has 0 aromatic heterocycles. The van der Waals surface area contributed by atoms with Gasteiger partial charge in [0.25, 0.3) is 0 Å². The highest BCUT2D eigenvalue weighted by Gasteiger charge is 2.23. The Morgan fingerprint density at radius 3 is 2.37 bits per heavy atom. The van der Waals surface area contributed by atoms with E-state index in [4.69, 9.17) is 9.84 Å². The molecule has 0 bridgehead atoms. The fraction of sp³-hybridized carbons (Fsp3) is 0.286. The third-order valence-corrected chi connectivity index (χ3v) is 4.16. The van der Waals surface area contributed by atoms with Crippen LogP contribution in [0.15, 0.2) is 42.5 Å². The summed E-state index contributed by atoms with van der Waals surface area (Å²) < 4.78 is 35.3. The molecule has 0 saturated heterocycles. The van der Waals surface area contributed by atoms with Crippen LogP contribution in [-0.4, -0.2) is 24.3 Å². The van der Waals surface area contributed by atoms with Gasteiger partial charge in [0, 0.05) is 0 Å². The van der Waals surface area contributed by atoms with Crippen molar-refractivity contribution in [2.24, 2.45) is 5.92 Å². The molecule has 4 nitrogen and oxygen atoms in total. The van der Waals surface area contributed by atoms with E-state index < -0.39 is 12.6 Å². The monoisotopic (exact) mass is 374 g/mol. The number of ether oxygens (including phenoxy) is 2. The van der Waals surface area contributed by atoms with Gasteiger partial charge in [-0.15, -0.1) is 0 Å². The molecule has 1 aliphatic rings. The average molecular weight is 374 g/mol. The predicted molar refractivity (Wildman–Crippen MR) is 98.0 cm³/mol. The van der Waals surface area contributed by atoms with Gasteiger partial charge in [-0.3, -0.25) is 4.79 Å². The van der Waals surface area contributed by atoms with E-state index in [0.29, 0.717) is 18.3 Å². The van der Waals surface area contributed by atoms with Crippen LogP contribution in [0.2, 0.25) is 0 Å². The number of carbonyl (C=O) groups is 1. The molecule has 27 heavy (non-hydrogen) atoms. The number of hydrogen-bond donors (Lipinski definition) is 1. The first-order chi connectivity index (χ1) is 13.0. The van der Waals surface area contributed by atoms with E-state index in [0.717, 1.165) is 29.5 Å². The first kappa shape index (κ1) is 18.9. The maximum absolute atomic E-state index is 12.6. The van der Waals surface area contributed by atoms with Gasteiger partial charge in [-0.25, -0.2) is 0 Å². The molecule has 3 rings (SSSR count). The van der Waals surface area contributed by atoms with Crippen molar-refractivity contribution >= 4 is 18.1 Å². The highest BCUT2D eigenvalue weighted by Crippen LogP contribution is 2.34. The molecule has 0 spiro atoms. The molecular formula is C21H20F2O4. The molecule has 0 aliphatic heterocycles. The van der Waals surface area contributed by atoms with Gasteiger partial charge in [0.1, 0.15) is 0 Å². The summed E-state index contributed by atoms with van der Waals surface area (Å²) in [6.07, 6.45) is 5.88. The number of benzene rings is 2. The van der Waals surface area contributed by atoms with Gasteiger partial charge < -0.3 is 14.6 Å². The molecule has 6 heteroatoms. The minimum absolute atomic E-state index is 0.0166. The number of halogens is 2. The van der Waals surface area contributed by atoms with Crippen molar-refractivity contribution in [3.8, 4) is 11.5 Å². The van der Waals surface area contributed by atoms with Crippen molar-refractivity contribution in [1.82, 2.24) is 0 Å². The number of aliphatic carboxylic acids is 1. The molecular weight excluding hydrogens is 354 g/mol. The molecule has 2 aromatic carbocycles. The van der Waals surface area contributed by atoms with Crippen molar-refractivity contribution in [2.45, 2.75) is 25.9 Å². The van der Waals surface area contributed by atoms with Gasteiger partial charge in [-0.05, 0) is 47.6 Å². The minimum atomic E-state index is -2.90. The van der Waals surface area contributed by atoms with Gasteiger partial charge in [-0.1, -0.05) is 42.5 Å². The maximum Gasteiger partial charge on any atom is 0.387 e. The van der Waals surface area contributed by atoms with E-state index in [-0.39, 0.29) is 12.2 Å². The molecule has 142 valence electrons. The zero-order chi connectivity index (χ0) is 19.2. The van der Waals surface area contributed by atoms with Gasteiger partial charge in [0.15, 0.2) is 11.5 Å². The molecule has 0 unspecified atom stereocenters. The SMILES string of the molecule is O=C(O)Cc1ccc(C=Cc2ccc(OC(F)F)c(OCC3CC3)c2)cc1. The summed E-state index contributed by atoms with van der Waals surface area (Å²) in [4.78, 5) is 10.7. The van der Waals surface area contributed by atoms with Crippen LogP contribution in [0.4, 0.5) is 8.78 Å². The van der Waals surface area contributed by atoms with Crippen LogP contribution in [0.5, 0.6) is 11.5 Å². The van der Waals surface area contributed by atoms with Crippen LogP contribution in [0.25, 0.3) is 12.2 Å². The van der Waals surface area contributed by atoms with E-state index in [1.54, 1.807) is 24.3 Å². The second-order valence-corrected chi connectivity index (χ2v) is 6.48. The van der Waals surface area contributed by atoms with E-state index in [1.807, 2.05) is 24.3 Å². The summed E-state index contributed by atoms with van der Waals surface area (Å²) in [5.41, 5.74) is 2.42. The van der Waals surface area contributed by atoms with Crippen LogP contribution in [0.3, 0.4) is 0 Å². The van der Waals surface area contributed by atoms with Crippen LogP contribution in [0, 0.1) is 5.92 Å². The Morgan fingerprint density at radius 2 is 1.74 bits per heavy atom. The summed E-state index contributed by atoms with van der Waals surface area (Å²) in [5.74, 6) is -0.0435. The van der Waals surface area contributed by atoms with Crippen molar-refractivity contribution < 1.29 is 28.2 Å². The number of hydrogen-bond acceptors (Lipinski definition) is 3. The molecule has 1 N–H and O–H groups in total. The third-order valence-electron chi connectivity index (χ3n) is 4.16. The first-order valence-electron chi connectivity index (χ1n) is 8.70. The first-order valence-corrected chi connectivity index (χ1v) is 8.70. The molecule has 2 aromatic rings. The number of carboxylic acids is 1. The molecule has 0 heterocycles. The molecule has 0 radical (unpaired) electrons. The van der Waals surface area contributed by atoms with Gasteiger partial charge in [0.05, 0.1) is 13.0 Å². The zero-order valence-corrected chi connectivity index (χ0v) is 14.6. The van der Waals surface area contributed by atoms with E-state index in [9.17, 15) is 13.6 Å². The Morgan fingerprint density at radius 1 is 1.07 bits per heavy atom. The zero-order valence-electron chi connectivity index (χ0n) is 14.6. The van der Waals surface area contributed by atoms with Gasteiger partial charge in [-0.2, -0.15) is 8.78 Å². The van der Waals surface area contributed by atoms with Gasteiger partial charge in [0.2, 0.25) is 0 Å². The van der Waals surface area contributed by atoms with Crippen molar-refractivity contribution in [2.75, 3.05) is 6.61 Å². The Bertz CT molecular complexity index is 811. The Labute approximate surface area is 156 Å².